The van der Waals surface area contributed by atoms with Crippen LogP contribution in [0.3, 0.4) is 0 Å². The summed E-state index contributed by atoms with van der Waals surface area (Å²) in [4.78, 5) is 2.60. The molecule has 4 fully saturated rings. The quantitative estimate of drug-likeness (QED) is 0.171. The molecule has 7 aliphatic rings. The van der Waals surface area contributed by atoms with Gasteiger partial charge in [-0.15, -0.1) is 0 Å². The second kappa shape index (κ2) is 13.8. The van der Waals surface area contributed by atoms with E-state index in [0.29, 0.717) is 11.8 Å². The van der Waals surface area contributed by atoms with Crippen molar-refractivity contribution in [2.45, 2.75) is 108 Å². The largest absolute Gasteiger partial charge is 0.456 e. The molecule has 324 valence electrons. The molecule has 4 saturated carbocycles. The molecule has 14 rings (SSSR count). The Morgan fingerprint density at radius 3 is 1.74 bits per heavy atom. The van der Waals surface area contributed by atoms with Gasteiger partial charge < -0.3 is 9.64 Å². The molecule has 1 spiro atoms. The summed E-state index contributed by atoms with van der Waals surface area (Å²) in [5.74, 6) is 4.95. The number of hydrogen-bond acceptors (Lipinski definition) is 2. The lowest BCUT2D eigenvalue weighted by molar-refractivity contribution is -0.0451. The zero-order valence-corrected chi connectivity index (χ0v) is 39.0. The van der Waals surface area contributed by atoms with Crippen molar-refractivity contribution in [1.29, 1.82) is 0 Å². The Morgan fingerprint density at radius 1 is 0.446 bits per heavy atom. The van der Waals surface area contributed by atoms with Crippen LogP contribution in [0.5, 0.6) is 11.5 Å². The Balaban J connectivity index is 1.08. The molecule has 0 radical (unpaired) electrons. The SMILES string of the molecule is CC1(C)CCC(C)(C)c2cc(N(c3ccc4c(c3)C(C)(C)c3ccccc3-4)c3ccc4c(c3-c3ccccc3)Oc3ccc(-c5ccccc5)cc3C43C4CC5CC(C4)CC3C5)ccc21. The van der Waals surface area contributed by atoms with Gasteiger partial charge >= 0.3 is 0 Å². The van der Waals surface area contributed by atoms with Gasteiger partial charge in [-0.05, 0) is 172 Å². The minimum Gasteiger partial charge on any atom is -0.456 e. The fourth-order valence-electron chi connectivity index (χ4n) is 14.9. The van der Waals surface area contributed by atoms with E-state index in [9.17, 15) is 0 Å². The summed E-state index contributed by atoms with van der Waals surface area (Å²) in [6, 6.07) is 58.2. The van der Waals surface area contributed by atoms with Crippen LogP contribution in [0.4, 0.5) is 17.1 Å². The summed E-state index contributed by atoms with van der Waals surface area (Å²) in [6.45, 7) is 14.6. The highest BCUT2D eigenvalue weighted by Crippen LogP contribution is 2.70. The molecule has 4 bridgehead atoms. The molecule has 0 aromatic heterocycles. The van der Waals surface area contributed by atoms with E-state index in [0.717, 1.165) is 23.3 Å². The number of ether oxygens (including phenoxy) is 1. The van der Waals surface area contributed by atoms with Gasteiger partial charge in [-0.25, -0.2) is 0 Å². The van der Waals surface area contributed by atoms with Gasteiger partial charge in [-0.3, -0.25) is 0 Å². The Kier molecular flexibility index (Phi) is 8.41. The molecule has 0 amide bonds. The van der Waals surface area contributed by atoms with Crippen LogP contribution >= 0.6 is 0 Å². The smallest absolute Gasteiger partial charge is 0.141 e. The molecule has 7 aromatic carbocycles. The maximum absolute atomic E-state index is 7.62. The molecule has 2 nitrogen and oxygen atoms in total. The van der Waals surface area contributed by atoms with Crippen LogP contribution in [-0.2, 0) is 21.7 Å². The fraction of sp³-hybridized carbons (Fsp3) is 0.333. The molecule has 2 heteroatoms. The van der Waals surface area contributed by atoms with Crippen molar-refractivity contribution in [3.8, 4) is 44.9 Å². The second-order valence-electron chi connectivity index (χ2n) is 22.8. The van der Waals surface area contributed by atoms with Gasteiger partial charge in [0.15, 0.2) is 0 Å². The third kappa shape index (κ3) is 5.65. The third-order valence-corrected chi connectivity index (χ3v) is 18.0. The van der Waals surface area contributed by atoms with Crippen molar-refractivity contribution < 1.29 is 4.74 Å². The first-order valence-corrected chi connectivity index (χ1v) is 24.7. The highest BCUT2D eigenvalue weighted by Gasteiger charge is 2.62. The number of rotatable bonds is 5. The lowest BCUT2D eigenvalue weighted by atomic mass is 9.41. The van der Waals surface area contributed by atoms with Gasteiger partial charge in [0.25, 0.3) is 0 Å². The molecule has 0 atom stereocenters. The van der Waals surface area contributed by atoms with E-state index in [4.69, 9.17) is 4.74 Å². The van der Waals surface area contributed by atoms with E-state index in [1.54, 1.807) is 0 Å². The van der Waals surface area contributed by atoms with E-state index in [1.165, 1.54) is 129 Å². The minimum atomic E-state index is -0.134. The van der Waals surface area contributed by atoms with Crippen LogP contribution in [-0.4, -0.2) is 0 Å². The van der Waals surface area contributed by atoms with Crippen LogP contribution in [0, 0.1) is 23.7 Å². The van der Waals surface area contributed by atoms with E-state index in [1.807, 2.05) is 0 Å². The Hall–Kier alpha value is -5.86. The molecular formula is C63H61NO. The van der Waals surface area contributed by atoms with Crippen LogP contribution in [0.2, 0.25) is 0 Å². The van der Waals surface area contributed by atoms with Crippen molar-refractivity contribution in [3.63, 3.8) is 0 Å². The standard InChI is InChI=1S/C63H61NO/c1-60(2)29-30-61(3,4)54-38-47(23-25-51(54)60)64(46-22-24-49-48-19-13-14-20-50(48)62(5,6)53(49)37-46)56-27-26-52-59(58(56)42-17-11-8-12-18-42)65-57-28-21-43(41-15-9-7-10-16-41)36-55(57)63(52)44-32-39-31-40(34-44)35-45(63)33-39/h7-28,36-40,44-45H,29-35H2,1-6H3. The highest BCUT2D eigenvalue weighted by atomic mass is 16.5. The summed E-state index contributed by atoms with van der Waals surface area (Å²) in [5, 5.41) is 0. The predicted octanol–water partition coefficient (Wildman–Crippen LogP) is 17.0. The van der Waals surface area contributed by atoms with Crippen molar-refractivity contribution in [1.82, 2.24) is 0 Å². The normalized spacial score (nSPS) is 25.2. The molecule has 0 N–H and O–H groups in total. The maximum atomic E-state index is 7.62. The van der Waals surface area contributed by atoms with Crippen LogP contribution in [0.25, 0.3) is 33.4 Å². The van der Waals surface area contributed by atoms with E-state index < -0.39 is 0 Å². The molecule has 65 heavy (non-hydrogen) atoms. The number of anilines is 3. The van der Waals surface area contributed by atoms with Crippen LogP contribution in [0.15, 0.2) is 152 Å². The van der Waals surface area contributed by atoms with Gasteiger partial charge in [-0.1, -0.05) is 151 Å². The summed E-state index contributed by atoms with van der Waals surface area (Å²) in [6.07, 6.45) is 9.02. The number of nitrogens with zero attached hydrogens (tertiary/aromatic N) is 1. The number of fused-ring (bicyclic) bond motifs is 6. The first kappa shape index (κ1) is 39.5. The van der Waals surface area contributed by atoms with Gasteiger partial charge in [0.2, 0.25) is 0 Å². The summed E-state index contributed by atoms with van der Waals surface area (Å²) >= 11 is 0. The minimum absolute atomic E-state index is 0.0590. The zero-order valence-electron chi connectivity index (χ0n) is 39.0. The van der Waals surface area contributed by atoms with Gasteiger partial charge in [0.1, 0.15) is 11.5 Å². The lowest BCUT2D eigenvalue weighted by Gasteiger charge is -2.63. The predicted molar refractivity (Wildman–Crippen MR) is 269 cm³/mol. The van der Waals surface area contributed by atoms with E-state index in [-0.39, 0.29) is 21.7 Å². The molecule has 7 aromatic rings. The Bertz CT molecular complexity index is 3030. The summed E-state index contributed by atoms with van der Waals surface area (Å²) in [7, 11) is 0. The van der Waals surface area contributed by atoms with Gasteiger partial charge in [-0.2, -0.15) is 0 Å². The molecule has 0 unspecified atom stereocenters. The molecular weight excluding hydrogens is 787 g/mol. The van der Waals surface area contributed by atoms with Crippen molar-refractivity contribution in [2.24, 2.45) is 23.7 Å². The van der Waals surface area contributed by atoms with Gasteiger partial charge in [0.05, 0.1) is 5.69 Å². The average Bonchev–Trinajstić information content (AvgIpc) is 3.54. The summed E-state index contributed by atoms with van der Waals surface area (Å²) < 4.78 is 7.62. The second-order valence-corrected chi connectivity index (χ2v) is 22.8. The third-order valence-electron chi connectivity index (χ3n) is 18.0. The number of benzene rings is 7. The van der Waals surface area contributed by atoms with E-state index >= 15 is 0 Å². The lowest BCUT2D eigenvalue weighted by Crippen LogP contribution is -2.57. The Morgan fingerprint density at radius 2 is 1.03 bits per heavy atom. The zero-order chi connectivity index (χ0) is 44.0. The van der Waals surface area contributed by atoms with Gasteiger partial charge in [0, 0.05) is 38.9 Å². The van der Waals surface area contributed by atoms with Crippen LogP contribution < -0.4 is 9.64 Å². The monoisotopic (exact) mass is 847 g/mol. The highest BCUT2D eigenvalue weighted by molar-refractivity contribution is 5.95. The first-order valence-electron chi connectivity index (χ1n) is 24.7. The molecule has 0 saturated heterocycles. The average molecular weight is 848 g/mol. The van der Waals surface area contributed by atoms with E-state index in [2.05, 4.69) is 198 Å². The molecule has 1 aliphatic heterocycles. The first-order chi connectivity index (χ1) is 31.4. The van der Waals surface area contributed by atoms with Crippen LogP contribution in [0.1, 0.15) is 120 Å². The Labute approximate surface area is 386 Å². The molecule has 1 heterocycles. The topological polar surface area (TPSA) is 12.5 Å². The maximum Gasteiger partial charge on any atom is 0.141 e. The summed E-state index contributed by atoms with van der Waals surface area (Å²) in [5.41, 5.74) is 19.7. The van der Waals surface area contributed by atoms with Crippen molar-refractivity contribution >= 4 is 17.1 Å². The number of hydrogen-bond donors (Lipinski definition) is 0. The van der Waals surface area contributed by atoms with Crippen molar-refractivity contribution in [2.75, 3.05) is 4.90 Å². The van der Waals surface area contributed by atoms with Crippen molar-refractivity contribution in [3.05, 3.63) is 185 Å². The fourth-order valence-corrected chi connectivity index (χ4v) is 14.9. The molecule has 6 aliphatic carbocycles.